The normalized spacial score (nSPS) is 13.3. The van der Waals surface area contributed by atoms with Gasteiger partial charge >= 0.3 is 11.9 Å². The number of imide groups is 1. The number of azo groups is 1. The quantitative estimate of drug-likeness (QED) is 0.0851. The smallest absolute Gasteiger partial charge is 0.320 e. The Morgan fingerprint density at radius 1 is 0.700 bits per heavy atom. The van der Waals surface area contributed by atoms with Gasteiger partial charge < -0.3 is 37.2 Å². The second-order valence-electron chi connectivity index (χ2n) is 10.6. The molecule has 19 heteroatoms. The van der Waals surface area contributed by atoms with Gasteiger partial charge in [0.15, 0.2) is 0 Å². The number of carbonyl (C=O) groups excluding carboxylic acids is 6. The maximum absolute atomic E-state index is 12.2. The zero-order valence-electron chi connectivity index (χ0n) is 26.4. The van der Waals surface area contributed by atoms with Crippen molar-refractivity contribution in [1.29, 1.82) is 0 Å². The molecule has 1 heterocycles. The number of rotatable bonds is 18. The molecule has 3 rings (SSSR count). The Balaban J connectivity index is 0.00000867. The third-order valence-corrected chi connectivity index (χ3v) is 6.84. The highest BCUT2D eigenvalue weighted by molar-refractivity contribution is 6.15. The number of halogens is 1. The molecule has 8 N–H and O–H groups in total. The molecule has 0 bridgehead atoms. The number of hydrogen-bond acceptors (Lipinski definition) is 11. The van der Waals surface area contributed by atoms with Crippen LogP contribution in [0, 0.1) is 5.92 Å². The summed E-state index contributed by atoms with van der Waals surface area (Å²) in [6, 6.07) is 11.4. The van der Waals surface area contributed by atoms with Crippen molar-refractivity contribution in [2.75, 3.05) is 30.3 Å². The maximum Gasteiger partial charge on any atom is 0.320 e. The molecule has 1 aliphatic rings. The summed E-state index contributed by atoms with van der Waals surface area (Å²) in [5, 5.41) is 36.2. The zero-order chi connectivity index (χ0) is 35.9. The lowest BCUT2D eigenvalue weighted by Gasteiger charge is -2.14. The standard InChI is InChI=1S/C31H34N8O10.ClH/c32-23(31(48)49)14-18(30(46)47)2-1-3-24(40)33-15-25(41)34-16-26(42)35-19-4-8-21(9-5-19)37-38-22-10-6-20(7-11-22)36-27(43)17-39-28(44)12-13-29(39)45;/h4-13,18,23H,1-3,14-17,32H2,(H,33,40)(H,34,41)(H,35,42)(H,36,43)(H,46,47)(H,48,49);1H/t18?,23-;/m0./s1. The van der Waals surface area contributed by atoms with Crippen LogP contribution in [0.1, 0.15) is 25.7 Å². The van der Waals surface area contributed by atoms with Crippen molar-refractivity contribution in [2.45, 2.75) is 31.7 Å². The number of hydrogen-bond donors (Lipinski definition) is 7. The average molecular weight is 715 g/mol. The molecule has 0 spiro atoms. The Hall–Kier alpha value is -6.01. The van der Waals surface area contributed by atoms with Gasteiger partial charge in [0.05, 0.1) is 30.4 Å². The van der Waals surface area contributed by atoms with Gasteiger partial charge in [-0.3, -0.25) is 43.3 Å². The highest BCUT2D eigenvalue weighted by atomic mass is 35.5. The molecule has 0 radical (unpaired) electrons. The van der Waals surface area contributed by atoms with Crippen molar-refractivity contribution in [1.82, 2.24) is 15.5 Å². The fourth-order valence-electron chi connectivity index (χ4n) is 4.24. The Labute approximate surface area is 291 Å². The van der Waals surface area contributed by atoms with Crippen molar-refractivity contribution < 1.29 is 48.6 Å². The number of carboxylic acids is 2. The van der Waals surface area contributed by atoms with Crippen LogP contribution in [0.2, 0.25) is 0 Å². The Kier molecular flexibility index (Phi) is 15.8. The van der Waals surface area contributed by atoms with Crippen molar-refractivity contribution >= 4 is 82.5 Å². The third-order valence-electron chi connectivity index (χ3n) is 6.84. The van der Waals surface area contributed by atoms with Crippen LogP contribution in [0.3, 0.4) is 0 Å². The largest absolute Gasteiger partial charge is 0.481 e. The summed E-state index contributed by atoms with van der Waals surface area (Å²) in [4.78, 5) is 94.5. The molecule has 2 atom stereocenters. The Bertz CT molecular complexity index is 1630. The van der Waals surface area contributed by atoms with E-state index in [9.17, 15) is 43.5 Å². The Morgan fingerprint density at radius 2 is 1.18 bits per heavy atom. The fraction of sp³-hybridized carbons (Fsp3) is 0.290. The molecule has 0 saturated carbocycles. The van der Waals surface area contributed by atoms with Gasteiger partial charge in [0.25, 0.3) is 11.8 Å². The van der Waals surface area contributed by atoms with Crippen LogP contribution in [-0.2, 0) is 38.4 Å². The molecule has 0 fully saturated rings. The van der Waals surface area contributed by atoms with Gasteiger partial charge in [-0.25, -0.2) is 0 Å². The molecular formula is C31H35ClN8O10. The molecule has 1 unspecified atom stereocenters. The lowest BCUT2D eigenvalue weighted by atomic mass is 9.94. The number of nitrogens with zero attached hydrogens (tertiary/aromatic N) is 3. The number of benzene rings is 2. The number of carbonyl (C=O) groups is 8. The van der Waals surface area contributed by atoms with Gasteiger partial charge in [-0.15, -0.1) is 12.4 Å². The topological polar surface area (TPSA) is 279 Å². The van der Waals surface area contributed by atoms with E-state index in [1.54, 1.807) is 48.5 Å². The van der Waals surface area contributed by atoms with E-state index in [1.807, 2.05) is 0 Å². The molecular weight excluding hydrogens is 680 g/mol. The maximum atomic E-state index is 12.2. The van der Waals surface area contributed by atoms with Crippen molar-refractivity contribution in [3.05, 3.63) is 60.7 Å². The lowest BCUT2D eigenvalue weighted by Crippen LogP contribution is -2.40. The van der Waals surface area contributed by atoms with E-state index < -0.39 is 72.4 Å². The molecule has 0 aromatic heterocycles. The van der Waals surface area contributed by atoms with Crippen LogP contribution >= 0.6 is 12.4 Å². The molecule has 50 heavy (non-hydrogen) atoms. The third kappa shape index (κ3) is 13.6. The van der Waals surface area contributed by atoms with E-state index >= 15 is 0 Å². The van der Waals surface area contributed by atoms with Gasteiger partial charge in [-0.2, -0.15) is 10.2 Å². The minimum absolute atomic E-state index is 0. The van der Waals surface area contributed by atoms with E-state index in [1.165, 1.54) is 0 Å². The molecule has 0 saturated heterocycles. The first kappa shape index (κ1) is 40.2. The summed E-state index contributed by atoms with van der Waals surface area (Å²) >= 11 is 0. The van der Waals surface area contributed by atoms with Crippen molar-refractivity contribution in [2.24, 2.45) is 21.9 Å². The summed E-state index contributed by atoms with van der Waals surface area (Å²) in [5.41, 5.74) is 7.18. The minimum atomic E-state index is -1.33. The summed E-state index contributed by atoms with van der Waals surface area (Å²) in [7, 11) is 0. The SMILES string of the molecule is Cl.N[C@@H](CC(CCCC(=O)NCC(=O)NCC(=O)Nc1ccc(N=Nc2ccc(NC(=O)CN3C(=O)C=CC3=O)cc2)cc1)C(=O)O)C(=O)O. The number of nitrogens with two attached hydrogens (primary N) is 1. The van der Waals surface area contributed by atoms with Gasteiger partial charge in [-0.05, 0) is 67.8 Å². The molecule has 2 aromatic carbocycles. The number of carboxylic acid groups (broad SMARTS) is 2. The van der Waals surface area contributed by atoms with Crippen molar-refractivity contribution in [3.63, 3.8) is 0 Å². The monoisotopic (exact) mass is 714 g/mol. The van der Waals surface area contributed by atoms with Gasteiger partial charge in [0, 0.05) is 29.9 Å². The lowest BCUT2D eigenvalue weighted by molar-refractivity contribution is -0.144. The van der Waals surface area contributed by atoms with E-state index in [0.717, 1.165) is 17.1 Å². The minimum Gasteiger partial charge on any atom is -0.481 e. The van der Waals surface area contributed by atoms with Crippen LogP contribution in [0.5, 0.6) is 0 Å². The summed E-state index contributed by atoms with van der Waals surface area (Å²) in [5.74, 6) is -6.88. The summed E-state index contributed by atoms with van der Waals surface area (Å²) in [6.07, 6.45) is 2.00. The second-order valence-corrected chi connectivity index (χ2v) is 10.6. The fourth-order valence-corrected chi connectivity index (χ4v) is 4.24. The Morgan fingerprint density at radius 3 is 1.68 bits per heavy atom. The highest BCUT2D eigenvalue weighted by Crippen LogP contribution is 2.22. The number of anilines is 2. The zero-order valence-corrected chi connectivity index (χ0v) is 27.2. The van der Waals surface area contributed by atoms with E-state index in [-0.39, 0.29) is 44.6 Å². The second kappa shape index (κ2) is 19.7. The van der Waals surface area contributed by atoms with Crippen LogP contribution < -0.4 is 27.0 Å². The van der Waals surface area contributed by atoms with Crippen LogP contribution in [-0.4, -0.2) is 88.2 Å². The van der Waals surface area contributed by atoms with Crippen LogP contribution in [0.25, 0.3) is 0 Å². The highest BCUT2D eigenvalue weighted by Gasteiger charge is 2.26. The first-order valence-electron chi connectivity index (χ1n) is 14.8. The predicted molar refractivity (Wildman–Crippen MR) is 179 cm³/mol. The van der Waals surface area contributed by atoms with Crippen LogP contribution in [0.15, 0.2) is 70.9 Å². The molecule has 0 aliphatic carbocycles. The molecule has 2 aromatic rings. The van der Waals surface area contributed by atoms with Crippen LogP contribution in [0.4, 0.5) is 22.7 Å². The number of nitrogens with one attached hydrogen (secondary N) is 4. The van der Waals surface area contributed by atoms with Gasteiger partial charge in [-0.1, -0.05) is 0 Å². The molecule has 1 aliphatic heterocycles. The molecule has 18 nitrogen and oxygen atoms in total. The predicted octanol–water partition coefficient (Wildman–Crippen LogP) is 1.23. The number of aliphatic carboxylic acids is 2. The molecule has 6 amide bonds. The molecule has 266 valence electrons. The average Bonchev–Trinajstić information content (AvgIpc) is 3.38. The van der Waals surface area contributed by atoms with Crippen molar-refractivity contribution in [3.8, 4) is 0 Å². The first-order chi connectivity index (χ1) is 23.3. The number of amides is 6. The van der Waals surface area contributed by atoms with Gasteiger partial charge in [0.1, 0.15) is 12.6 Å². The summed E-state index contributed by atoms with van der Waals surface area (Å²) < 4.78 is 0. The first-order valence-corrected chi connectivity index (χ1v) is 14.8. The van der Waals surface area contributed by atoms with E-state index in [4.69, 9.17) is 10.8 Å². The van der Waals surface area contributed by atoms with E-state index in [0.29, 0.717) is 22.7 Å². The van der Waals surface area contributed by atoms with E-state index in [2.05, 4.69) is 31.5 Å². The van der Waals surface area contributed by atoms with Gasteiger partial charge in [0.2, 0.25) is 23.6 Å². The summed E-state index contributed by atoms with van der Waals surface area (Å²) in [6.45, 7) is -1.19.